The van der Waals surface area contributed by atoms with E-state index >= 15 is 0 Å². The van der Waals surface area contributed by atoms with Gasteiger partial charge in [0.1, 0.15) is 6.04 Å². The van der Waals surface area contributed by atoms with Gasteiger partial charge in [0.25, 0.3) is 0 Å². The zero-order valence-electron chi connectivity index (χ0n) is 15.0. The molecule has 0 fully saturated rings. The van der Waals surface area contributed by atoms with E-state index in [0.717, 1.165) is 25.7 Å². The third kappa shape index (κ3) is 12.6. The first-order valence-electron chi connectivity index (χ1n) is 8.53. The Morgan fingerprint density at radius 1 is 1.04 bits per heavy atom. The summed E-state index contributed by atoms with van der Waals surface area (Å²) in [6, 6.07) is -0.558. The molecular formula is C17H32N2O4. The van der Waals surface area contributed by atoms with Gasteiger partial charge in [0.15, 0.2) is 0 Å². The molecule has 0 amide bonds. The Morgan fingerprint density at radius 3 is 2.22 bits per heavy atom. The number of nitrogens with zero attached hydrogens (tertiary/aromatic N) is 2. The van der Waals surface area contributed by atoms with Crippen molar-refractivity contribution in [3.05, 3.63) is 0 Å². The van der Waals surface area contributed by atoms with Crippen LogP contribution in [0.15, 0.2) is 4.99 Å². The van der Waals surface area contributed by atoms with Crippen LogP contribution in [0.2, 0.25) is 0 Å². The Hall–Kier alpha value is -1.59. The van der Waals surface area contributed by atoms with Crippen molar-refractivity contribution in [2.45, 2.75) is 64.8 Å². The van der Waals surface area contributed by atoms with E-state index < -0.39 is 6.04 Å². The Labute approximate surface area is 140 Å². The van der Waals surface area contributed by atoms with Gasteiger partial charge in [-0.25, -0.2) is 4.79 Å². The second kappa shape index (κ2) is 14.0. The van der Waals surface area contributed by atoms with Gasteiger partial charge >= 0.3 is 11.9 Å². The maximum Gasteiger partial charge on any atom is 0.330 e. The number of hydrogen-bond donors (Lipinski definition) is 0. The van der Waals surface area contributed by atoms with Gasteiger partial charge in [0.2, 0.25) is 0 Å². The van der Waals surface area contributed by atoms with E-state index in [0.29, 0.717) is 32.5 Å². The first kappa shape index (κ1) is 21.4. The van der Waals surface area contributed by atoms with Crippen LogP contribution in [-0.4, -0.2) is 56.5 Å². The lowest BCUT2D eigenvalue weighted by Gasteiger charge is -2.13. The maximum absolute atomic E-state index is 12.0. The quantitative estimate of drug-likeness (QED) is 0.225. The van der Waals surface area contributed by atoms with Gasteiger partial charge in [-0.1, -0.05) is 26.7 Å². The molecule has 0 aliphatic carbocycles. The second-order valence-electron chi connectivity index (χ2n) is 5.73. The van der Waals surface area contributed by atoms with Crippen LogP contribution in [0.3, 0.4) is 0 Å². The van der Waals surface area contributed by atoms with E-state index in [9.17, 15) is 9.59 Å². The van der Waals surface area contributed by atoms with Gasteiger partial charge in [-0.3, -0.25) is 9.79 Å². The van der Waals surface area contributed by atoms with Gasteiger partial charge in [-0.05, 0) is 25.7 Å². The molecule has 0 saturated heterocycles. The van der Waals surface area contributed by atoms with Gasteiger partial charge in [0, 0.05) is 20.5 Å². The number of carbonyl (C=O) groups is 2. The number of ether oxygens (including phenoxy) is 2. The molecule has 6 heteroatoms. The summed E-state index contributed by atoms with van der Waals surface area (Å²) in [6.45, 7) is 4.98. The van der Waals surface area contributed by atoms with Crippen LogP contribution in [0.4, 0.5) is 0 Å². The molecule has 0 saturated carbocycles. The molecule has 1 atom stereocenters. The van der Waals surface area contributed by atoms with Crippen molar-refractivity contribution in [3.63, 3.8) is 0 Å². The van der Waals surface area contributed by atoms with Crippen LogP contribution >= 0.6 is 0 Å². The van der Waals surface area contributed by atoms with Crippen molar-refractivity contribution in [2.75, 3.05) is 27.3 Å². The molecular weight excluding hydrogens is 296 g/mol. The number of carbonyl (C=O) groups excluding carboxylic acids is 2. The van der Waals surface area contributed by atoms with Crippen LogP contribution in [0.1, 0.15) is 58.8 Å². The molecule has 0 heterocycles. The first-order valence-corrected chi connectivity index (χ1v) is 8.53. The normalized spacial score (nSPS) is 12.2. The van der Waals surface area contributed by atoms with Gasteiger partial charge < -0.3 is 14.4 Å². The lowest BCUT2D eigenvalue weighted by atomic mass is 10.1. The fourth-order valence-electron chi connectivity index (χ4n) is 1.72. The molecule has 134 valence electrons. The molecule has 0 aromatic heterocycles. The molecule has 6 nitrogen and oxygen atoms in total. The van der Waals surface area contributed by atoms with Crippen molar-refractivity contribution in [2.24, 2.45) is 4.99 Å². The number of unbranched alkanes of at least 4 members (excludes halogenated alkanes) is 2. The van der Waals surface area contributed by atoms with E-state index in [4.69, 9.17) is 9.47 Å². The molecule has 0 aliphatic rings. The van der Waals surface area contributed by atoms with Crippen LogP contribution in [0.25, 0.3) is 0 Å². The zero-order valence-corrected chi connectivity index (χ0v) is 15.0. The Kier molecular flexibility index (Phi) is 13.1. The molecule has 1 unspecified atom stereocenters. The highest BCUT2D eigenvalue weighted by atomic mass is 16.5. The van der Waals surface area contributed by atoms with Gasteiger partial charge in [0.05, 0.1) is 19.6 Å². The molecule has 0 bridgehead atoms. The Bertz CT molecular complexity index is 357. The molecule has 0 N–H and O–H groups in total. The molecule has 0 aliphatic heterocycles. The Morgan fingerprint density at radius 2 is 1.65 bits per heavy atom. The minimum absolute atomic E-state index is 0.215. The predicted molar refractivity (Wildman–Crippen MR) is 91.6 cm³/mol. The number of esters is 2. The van der Waals surface area contributed by atoms with Crippen molar-refractivity contribution in [1.29, 1.82) is 0 Å². The lowest BCUT2D eigenvalue weighted by Crippen LogP contribution is -2.24. The number of hydrogen-bond acceptors (Lipinski definition) is 5. The summed E-state index contributed by atoms with van der Waals surface area (Å²) in [5.41, 5.74) is 0. The molecule has 0 spiro atoms. The van der Waals surface area contributed by atoms with E-state index in [-0.39, 0.29) is 11.9 Å². The van der Waals surface area contributed by atoms with Crippen molar-refractivity contribution < 1.29 is 19.1 Å². The SMILES string of the molecule is CCCCOC(=O)CCCC(N=CN(C)C)C(=O)OCCCC. The van der Waals surface area contributed by atoms with E-state index in [2.05, 4.69) is 4.99 Å². The maximum atomic E-state index is 12.0. The lowest BCUT2D eigenvalue weighted by molar-refractivity contribution is -0.147. The smallest absolute Gasteiger partial charge is 0.330 e. The summed E-state index contributed by atoms with van der Waals surface area (Å²) < 4.78 is 10.3. The summed E-state index contributed by atoms with van der Waals surface area (Å²) in [5, 5.41) is 0. The molecule has 0 aromatic rings. The summed E-state index contributed by atoms with van der Waals surface area (Å²) in [4.78, 5) is 29.6. The van der Waals surface area contributed by atoms with Gasteiger partial charge in [-0.2, -0.15) is 0 Å². The fraction of sp³-hybridized carbons (Fsp3) is 0.824. The molecule has 23 heavy (non-hydrogen) atoms. The molecule has 0 rings (SSSR count). The number of aliphatic imine (C=N–C) groups is 1. The minimum atomic E-state index is -0.558. The standard InChI is InChI=1S/C17H32N2O4/c1-5-7-12-22-16(20)11-9-10-15(18-14-19(3)4)17(21)23-13-8-6-2/h14-15H,5-13H2,1-4H3. The highest BCUT2D eigenvalue weighted by molar-refractivity contribution is 5.78. The van der Waals surface area contributed by atoms with Crippen molar-refractivity contribution in [3.8, 4) is 0 Å². The largest absolute Gasteiger partial charge is 0.466 e. The fourth-order valence-corrected chi connectivity index (χ4v) is 1.72. The first-order chi connectivity index (χ1) is 11.0. The third-order valence-electron chi connectivity index (χ3n) is 3.11. The molecule has 0 aromatic carbocycles. The molecule has 0 radical (unpaired) electrons. The number of rotatable bonds is 13. The summed E-state index contributed by atoms with van der Waals surface area (Å²) in [5.74, 6) is -0.538. The van der Waals surface area contributed by atoms with Crippen LogP contribution < -0.4 is 0 Å². The average Bonchev–Trinajstić information content (AvgIpc) is 2.50. The summed E-state index contributed by atoms with van der Waals surface area (Å²) >= 11 is 0. The second-order valence-corrected chi connectivity index (χ2v) is 5.73. The van der Waals surface area contributed by atoms with Crippen LogP contribution in [-0.2, 0) is 19.1 Å². The minimum Gasteiger partial charge on any atom is -0.466 e. The van der Waals surface area contributed by atoms with Crippen LogP contribution in [0.5, 0.6) is 0 Å². The topological polar surface area (TPSA) is 68.2 Å². The summed E-state index contributed by atoms with van der Waals surface area (Å²) in [7, 11) is 3.68. The zero-order chi connectivity index (χ0) is 17.5. The van der Waals surface area contributed by atoms with Crippen molar-refractivity contribution in [1.82, 2.24) is 4.90 Å². The van der Waals surface area contributed by atoms with Gasteiger partial charge in [-0.15, -0.1) is 0 Å². The Balaban J connectivity index is 4.25. The monoisotopic (exact) mass is 328 g/mol. The highest BCUT2D eigenvalue weighted by Gasteiger charge is 2.19. The third-order valence-corrected chi connectivity index (χ3v) is 3.11. The average molecular weight is 328 g/mol. The van der Waals surface area contributed by atoms with Crippen molar-refractivity contribution >= 4 is 18.3 Å². The predicted octanol–water partition coefficient (Wildman–Crippen LogP) is 2.80. The van der Waals surface area contributed by atoms with E-state index in [1.807, 2.05) is 27.9 Å². The highest BCUT2D eigenvalue weighted by Crippen LogP contribution is 2.09. The summed E-state index contributed by atoms with van der Waals surface area (Å²) in [6.07, 6.45) is 6.65. The van der Waals surface area contributed by atoms with E-state index in [1.54, 1.807) is 11.2 Å². The van der Waals surface area contributed by atoms with Crippen LogP contribution in [0, 0.1) is 0 Å². The van der Waals surface area contributed by atoms with E-state index in [1.165, 1.54) is 0 Å².